The van der Waals surface area contributed by atoms with E-state index in [1.807, 2.05) is 26.1 Å². The molecule has 26 heavy (non-hydrogen) atoms. The fourth-order valence-electron chi connectivity index (χ4n) is 3.53. The molecule has 3 rings (SSSR count). The fraction of sp³-hybridized carbons (Fsp3) is 0.526. The van der Waals surface area contributed by atoms with Crippen LogP contribution >= 0.6 is 11.6 Å². The average molecular weight is 379 g/mol. The molecule has 1 unspecified atom stereocenters. The minimum atomic E-state index is 0.251. The highest BCUT2D eigenvalue weighted by Crippen LogP contribution is 2.25. The molecule has 0 aliphatic carbocycles. The van der Waals surface area contributed by atoms with Gasteiger partial charge in [0.2, 0.25) is 5.88 Å². The van der Waals surface area contributed by atoms with E-state index in [2.05, 4.69) is 27.4 Å². The molecular formula is C19H27ClN4O2. The molecule has 2 aromatic rings. The molecule has 1 aliphatic heterocycles. The highest BCUT2D eigenvalue weighted by molar-refractivity contribution is 6.30. The van der Waals surface area contributed by atoms with E-state index in [0.29, 0.717) is 6.54 Å². The van der Waals surface area contributed by atoms with Crippen LogP contribution in [0.4, 0.5) is 0 Å². The number of halogens is 1. The fourth-order valence-corrected chi connectivity index (χ4v) is 3.73. The number of nitrogens with one attached hydrogen (secondary N) is 1. The monoisotopic (exact) mass is 378 g/mol. The summed E-state index contributed by atoms with van der Waals surface area (Å²) < 4.78 is 12.8. The molecule has 7 heteroatoms. The Morgan fingerprint density at radius 1 is 1.35 bits per heavy atom. The van der Waals surface area contributed by atoms with Crippen LogP contribution in [0.2, 0.25) is 5.02 Å². The second-order valence-electron chi connectivity index (χ2n) is 6.55. The SMILES string of the molecule is COc1c(CNCC(c2cccc(Cl)c2)N2CCOCC2)c(C)nn1C. The zero-order valence-corrected chi connectivity index (χ0v) is 16.4. The molecule has 1 atom stereocenters. The van der Waals surface area contributed by atoms with Crippen molar-refractivity contribution < 1.29 is 9.47 Å². The predicted molar refractivity (Wildman–Crippen MR) is 103 cm³/mol. The maximum absolute atomic E-state index is 6.23. The van der Waals surface area contributed by atoms with E-state index in [0.717, 1.165) is 55.0 Å². The first-order valence-corrected chi connectivity index (χ1v) is 9.32. The van der Waals surface area contributed by atoms with Crippen molar-refractivity contribution in [3.63, 3.8) is 0 Å². The first-order valence-electron chi connectivity index (χ1n) is 8.94. The minimum Gasteiger partial charge on any atom is -0.481 e. The molecule has 2 heterocycles. The highest BCUT2D eigenvalue weighted by atomic mass is 35.5. The molecule has 6 nitrogen and oxygen atoms in total. The first-order chi connectivity index (χ1) is 12.6. The van der Waals surface area contributed by atoms with E-state index in [1.54, 1.807) is 11.8 Å². The van der Waals surface area contributed by atoms with Gasteiger partial charge in [0.05, 0.1) is 31.6 Å². The Morgan fingerprint density at radius 3 is 2.81 bits per heavy atom. The van der Waals surface area contributed by atoms with Gasteiger partial charge in [0.25, 0.3) is 0 Å². The number of morpholine rings is 1. The largest absolute Gasteiger partial charge is 0.481 e. The Kier molecular flexibility index (Phi) is 6.53. The van der Waals surface area contributed by atoms with Crippen molar-refractivity contribution in [3.8, 4) is 5.88 Å². The van der Waals surface area contributed by atoms with Gasteiger partial charge < -0.3 is 14.8 Å². The van der Waals surface area contributed by atoms with Crippen molar-refractivity contribution in [2.75, 3.05) is 40.0 Å². The number of aromatic nitrogens is 2. The molecule has 0 saturated carbocycles. The molecule has 0 bridgehead atoms. The second-order valence-corrected chi connectivity index (χ2v) is 6.98. The van der Waals surface area contributed by atoms with Crippen LogP contribution in [0.1, 0.15) is 22.9 Å². The van der Waals surface area contributed by atoms with Gasteiger partial charge in [-0.2, -0.15) is 5.10 Å². The quantitative estimate of drug-likeness (QED) is 0.802. The average Bonchev–Trinajstić information content (AvgIpc) is 2.92. The van der Waals surface area contributed by atoms with E-state index in [-0.39, 0.29) is 6.04 Å². The van der Waals surface area contributed by atoms with E-state index < -0.39 is 0 Å². The summed E-state index contributed by atoms with van der Waals surface area (Å²) in [6, 6.07) is 8.38. The van der Waals surface area contributed by atoms with Crippen molar-refractivity contribution in [1.82, 2.24) is 20.0 Å². The molecule has 0 radical (unpaired) electrons. The third-order valence-electron chi connectivity index (χ3n) is 4.84. The van der Waals surface area contributed by atoms with Crippen molar-refractivity contribution in [3.05, 3.63) is 46.1 Å². The molecule has 0 amide bonds. The zero-order valence-electron chi connectivity index (χ0n) is 15.7. The van der Waals surface area contributed by atoms with E-state index in [4.69, 9.17) is 21.1 Å². The second kappa shape index (κ2) is 8.86. The van der Waals surface area contributed by atoms with Crippen LogP contribution in [-0.2, 0) is 18.3 Å². The lowest BCUT2D eigenvalue weighted by atomic mass is 10.0. The van der Waals surface area contributed by atoms with Gasteiger partial charge in [-0.1, -0.05) is 23.7 Å². The van der Waals surface area contributed by atoms with E-state index in [9.17, 15) is 0 Å². The maximum Gasteiger partial charge on any atom is 0.216 e. The summed E-state index contributed by atoms with van der Waals surface area (Å²) in [5.74, 6) is 0.806. The lowest BCUT2D eigenvalue weighted by Crippen LogP contribution is -2.42. The molecule has 1 N–H and O–H groups in total. The molecule has 1 saturated heterocycles. The molecule has 1 aliphatic rings. The van der Waals surface area contributed by atoms with Gasteiger partial charge in [-0.3, -0.25) is 4.90 Å². The Balaban J connectivity index is 1.72. The van der Waals surface area contributed by atoms with Crippen LogP contribution in [0.25, 0.3) is 0 Å². The van der Waals surface area contributed by atoms with Gasteiger partial charge >= 0.3 is 0 Å². The van der Waals surface area contributed by atoms with Crippen molar-refractivity contribution in [2.45, 2.75) is 19.5 Å². The minimum absolute atomic E-state index is 0.251. The third kappa shape index (κ3) is 4.38. The topological polar surface area (TPSA) is 51.6 Å². The summed E-state index contributed by atoms with van der Waals surface area (Å²) in [5.41, 5.74) is 3.31. The van der Waals surface area contributed by atoms with Crippen LogP contribution < -0.4 is 10.1 Å². The number of hydrogen-bond donors (Lipinski definition) is 1. The van der Waals surface area contributed by atoms with Gasteiger partial charge in [0.1, 0.15) is 0 Å². The number of benzene rings is 1. The van der Waals surface area contributed by atoms with Crippen LogP contribution in [-0.4, -0.2) is 54.6 Å². The summed E-state index contributed by atoms with van der Waals surface area (Å²) in [6.45, 7) is 6.93. The van der Waals surface area contributed by atoms with Gasteiger partial charge in [-0.25, -0.2) is 4.68 Å². The number of aryl methyl sites for hydroxylation is 2. The molecule has 0 spiro atoms. The third-order valence-corrected chi connectivity index (χ3v) is 5.08. The number of methoxy groups -OCH3 is 1. The van der Waals surface area contributed by atoms with Crippen LogP contribution in [0.3, 0.4) is 0 Å². The first kappa shape index (κ1) is 19.2. The Morgan fingerprint density at radius 2 is 2.12 bits per heavy atom. The van der Waals surface area contributed by atoms with Crippen LogP contribution in [0, 0.1) is 6.92 Å². The zero-order chi connectivity index (χ0) is 18.5. The number of rotatable bonds is 7. The summed E-state index contributed by atoms with van der Waals surface area (Å²) in [4.78, 5) is 2.45. The van der Waals surface area contributed by atoms with Crippen molar-refractivity contribution in [2.24, 2.45) is 7.05 Å². The summed E-state index contributed by atoms with van der Waals surface area (Å²) >= 11 is 6.23. The number of ether oxygens (including phenoxy) is 2. The van der Waals surface area contributed by atoms with Gasteiger partial charge in [0.15, 0.2) is 0 Å². The lowest BCUT2D eigenvalue weighted by molar-refractivity contribution is 0.0161. The van der Waals surface area contributed by atoms with Crippen molar-refractivity contribution >= 4 is 11.6 Å². The molecule has 1 aromatic heterocycles. The van der Waals surface area contributed by atoms with E-state index >= 15 is 0 Å². The Labute approximate surface area is 160 Å². The highest BCUT2D eigenvalue weighted by Gasteiger charge is 2.23. The Hall–Kier alpha value is -1.60. The van der Waals surface area contributed by atoms with Crippen LogP contribution in [0.15, 0.2) is 24.3 Å². The van der Waals surface area contributed by atoms with Gasteiger partial charge in [-0.15, -0.1) is 0 Å². The van der Waals surface area contributed by atoms with E-state index in [1.165, 1.54) is 5.56 Å². The van der Waals surface area contributed by atoms with Crippen molar-refractivity contribution in [1.29, 1.82) is 0 Å². The number of hydrogen-bond acceptors (Lipinski definition) is 5. The van der Waals surface area contributed by atoms with Gasteiger partial charge in [0, 0.05) is 44.3 Å². The lowest BCUT2D eigenvalue weighted by Gasteiger charge is -2.35. The summed E-state index contributed by atoms with van der Waals surface area (Å²) in [5, 5.41) is 8.80. The molecule has 142 valence electrons. The number of nitrogens with zero attached hydrogens (tertiary/aromatic N) is 3. The van der Waals surface area contributed by atoms with Gasteiger partial charge in [-0.05, 0) is 24.6 Å². The molecule has 1 aromatic carbocycles. The summed E-state index contributed by atoms with van der Waals surface area (Å²) in [6.07, 6.45) is 0. The standard InChI is InChI=1S/C19H27ClN4O2/c1-14-17(19(25-3)23(2)22-14)12-21-13-18(24-7-9-26-10-8-24)15-5-4-6-16(20)11-15/h4-6,11,18,21H,7-10,12-13H2,1-3H3. The maximum atomic E-state index is 6.23. The molecular weight excluding hydrogens is 352 g/mol. The Bertz CT molecular complexity index is 728. The normalized spacial score (nSPS) is 16.6. The van der Waals surface area contributed by atoms with Crippen LogP contribution in [0.5, 0.6) is 5.88 Å². The smallest absolute Gasteiger partial charge is 0.216 e. The molecule has 1 fully saturated rings. The predicted octanol–water partition coefficient (Wildman–Crippen LogP) is 2.55. The summed E-state index contributed by atoms with van der Waals surface area (Å²) in [7, 11) is 3.58.